The van der Waals surface area contributed by atoms with Crippen LogP contribution in [0.4, 0.5) is 0 Å². The standard InChI is InChI=1S/C14H25NO3/c1-4-12(16)15(3)14(9-7-6-8-10-14)11-13(17)18-5-2/h4-11H2,1-3H3. The third-order valence-corrected chi connectivity index (χ3v) is 3.95. The fourth-order valence-electron chi connectivity index (χ4n) is 2.82. The zero-order valence-corrected chi connectivity index (χ0v) is 11.8. The molecule has 0 unspecified atom stereocenters. The van der Waals surface area contributed by atoms with E-state index >= 15 is 0 Å². The largest absolute Gasteiger partial charge is 0.466 e. The predicted octanol–water partition coefficient (Wildman–Crippen LogP) is 2.51. The molecule has 1 aliphatic rings. The van der Waals surface area contributed by atoms with E-state index in [0.717, 1.165) is 25.7 Å². The molecular formula is C14H25NO3. The van der Waals surface area contributed by atoms with Gasteiger partial charge in [-0.1, -0.05) is 26.2 Å². The minimum absolute atomic E-state index is 0.112. The van der Waals surface area contributed by atoms with E-state index in [0.29, 0.717) is 19.4 Å². The summed E-state index contributed by atoms with van der Waals surface area (Å²) < 4.78 is 5.06. The Morgan fingerprint density at radius 2 is 1.78 bits per heavy atom. The molecule has 0 aliphatic heterocycles. The Morgan fingerprint density at radius 1 is 1.17 bits per heavy atom. The highest BCUT2D eigenvalue weighted by atomic mass is 16.5. The lowest BCUT2D eigenvalue weighted by Crippen LogP contribution is -2.52. The number of carbonyl (C=O) groups is 2. The van der Waals surface area contributed by atoms with Crippen molar-refractivity contribution >= 4 is 11.9 Å². The first-order valence-corrected chi connectivity index (χ1v) is 6.98. The van der Waals surface area contributed by atoms with Crippen LogP contribution in [0.3, 0.4) is 0 Å². The lowest BCUT2D eigenvalue weighted by atomic mass is 9.78. The monoisotopic (exact) mass is 255 g/mol. The second kappa shape index (κ2) is 6.76. The predicted molar refractivity (Wildman–Crippen MR) is 70.1 cm³/mol. The summed E-state index contributed by atoms with van der Waals surface area (Å²) in [5, 5.41) is 0. The van der Waals surface area contributed by atoms with Crippen LogP contribution in [0.5, 0.6) is 0 Å². The molecule has 0 atom stereocenters. The van der Waals surface area contributed by atoms with Gasteiger partial charge in [-0.25, -0.2) is 0 Å². The van der Waals surface area contributed by atoms with Gasteiger partial charge in [-0.2, -0.15) is 0 Å². The molecule has 104 valence electrons. The topological polar surface area (TPSA) is 46.6 Å². The van der Waals surface area contributed by atoms with E-state index < -0.39 is 0 Å². The van der Waals surface area contributed by atoms with Crippen LogP contribution < -0.4 is 0 Å². The third kappa shape index (κ3) is 3.47. The number of carbonyl (C=O) groups excluding carboxylic acids is 2. The normalized spacial score (nSPS) is 18.2. The highest BCUT2D eigenvalue weighted by Crippen LogP contribution is 2.36. The highest BCUT2D eigenvalue weighted by Gasteiger charge is 2.40. The molecule has 0 radical (unpaired) electrons. The highest BCUT2D eigenvalue weighted by molar-refractivity contribution is 5.78. The van der Waals surface area contributed by atoms with Gasteiger partial charge in [0.1, 0.15) is 0 Å². The average molecular weight is 255 g/mol. The number of esters is 1. The van der Waals surface area contributed by atoms with Crippen molar-refractivity contribution in [1.82, 2.24) is 4.90 Å². The molecule has 1 fully saturated rings. The minimum Gasteiger partial charge on any atom is -0.466 e. The Balaban J connectivity index is 2.80. The van der Waals surface area contributed by atoms with Crippen LogP contribution in [-0.4, -0.2) is 36.0 Å². The lowest BCUT2D eigenvalue weighted by Gasteiger charge is -2.44. The molecule has 1 amide bonds. The van der Waals surface area contributed by atoms with Gasteiger partial charge in [-0.3, -0.25) is 9.59 Å². The fraction of sp³-hybridized carbons (Fsp3) is 0.857. The molecule has 0 aromatic heterocycles. The van der Waals surface area contributed by atoms with Gasteiger partial charge < -0.3 is 9.64 Å². The molecule has 1 aliphatic carbocycles. The van der Waals surface area contributed by atoms with Crippen molar-refractivity contribution in [2.45, 2.75) is 64.3 Å². The zero-order valence-electron chi connectivity index (χ0n) is 11.8. The summed E-state index contributed by atoms with van der Waals surface area (Å²) >= 11 is 0. The van der Waals surface area contributed by atoms with Gasteiger partial charge in [-0.05, 0) is 19.8 Å². The summed E-state index contributed by atoms with van der Waals surface area (Å²) in [6, 6.07) is 0. The molecule has 0 saturated heterocycles. The van der Waals surface area contributed by atoms with Gasteiger partial charge >= 0.3 is 5.97 Å². The Bertz CT molecular complexity index is 295. The SMILES string of the molecule is CCOC(=O)CC1(N(C)C(=O)CC)CCCCC1. The summed E-state index contributed by atoms with van der Waals surface area (Å²) in [6.07, 6.45) is 6.01. The van der Waals surface area contributed by atoms with Crippen molar-refractivity contribution in [3.63, 3.8) is 0 Å². The van der Waals surface area contributed by atoms with Crippen molar-refractivity contribution in [3.8, 4) is 0 Å². The number of ether oxygens (including phenoxy) is 1. The van der Waals surface area contributed by atoms with Gasteiger partial charge in [0, 0.05) is 13.5 Å². The molecule has 0 bridgehead atoms. The number of hydrogen-bond acceptors (Lipinski definition) is 3. The molecule has 1 saturated carbocycles. The summed E-state index contributed by atoms with van der Waals surface area (Å²) in [5.41, 5.74) is -0.308. The minimum atomic E-state index is -0.308. The lowest BCUT2D eigenvalue weighted by molar-refractivity contribution is -0.150. The fourth-order valence-corrected chi connectivity index (χ4v) is 2.82. The Kier molecular flexibility index (Phi) is 5.63. The second-order valence-electron chi connectivity index (χ2n) is 5.07. The quantitative estimate of drug-likeness (QED) is 0.709. The van der Waals surface area contributed by atoms with E-state index in [1.165, 1.54) is 6.42 Å². The molecular weight excluding hydrogens is 230 g/mol. The van der Waals surface area contributed by atoms with Gasteiger partial charge in [0.05, 0.1) is 18.6 Å². The maximum Gasteiger partial charge on any atom is 0.308 e. The van der Waals surface area contributed by atoms with Gasteiger partial charge in [0.2, 0.25) is 5.91 Å². The molecule has 4 nitrogen and oxygen atoms in total. The second-order valence-corrected chi connectivity index (χ2v) is 5.07. The number of hydrogen-bond donors (Lipinski definition) is 0. The Labute approximate surface area is 110 Å². The van der Waals surface area contributed by atoms with Gasteiger partial charge in [-0.15, -0.1) is 0 Å². The van der Waals surface area contributed by atoms with Gasteiger partial charge in [0.15, 0.2) is 0 Å². The van der Waals surface area contributed by atoms with E-state index in [1.807, 2.05) is 20.9 Å². The molecule has 0 spiro atoms. The number of nitrogens with zero attached hydrogens (tertiary/aromatic N) is 1. The van der Waals surface area contributed by atoms with E-state index in [4.69, 9.17) is 4.74 Å². The van der Waals surface area contributed by atoms with Crippen LogP contribution in [0.15, 0.2) is 0 Å². The molecule has 4 heteroatoms. The molecule has 0 N–H and O–H groups in total. The summed E-state index contributed by atoms with van der Waals surface area (Å²) in [5.74, 6) is -0.0728. The molecule has 0 heterocycles. The zero-order chi connectivity index (χ0) is 13.6. The number of rotatable bonds is 5. The third-order valence-electron chi connectivity index (χ3n) is 3.95. The molecule has 18 heavy (non-hydrogen) atoms. The van der Waals surface area contributed by atoms with E-state index in [-0.39, 0.29) is 17.4 Å². The van der Waals surface area contributed by atoms with E-state index in [1.54, 1.807) is 4.90 Å². The van der Waals surface area contributed by atoms with E-state index in [9.17, 15) is 9.59 Å². The van der Waals surface area contributed by atoms with Crippen LogP contribution in [0.1, 0.15) is 58.8 Å². The first-order valence-electron chi connectivity index (χ1n) is 6.98. The summed E-state index contributed by atoms with van der Waals surface area (Å²) in [4.78, 5) is 25.5. The van der Waals surface area contributed by atoms with Crippen molar-refractivity contribution in [2.24, 2.45) is 0 Å². The maximum atomic E-state index is 11.9. The maximum absolute atomic E-state index is 11.9. The van der Waals surface area contributed by atoms with Crippen molar-refractivity contribution in [3.05, 3.63) is 0 Å². The summed E-state index contributed by atoms with van der Waals surface area (Å²) in [7, 11) is 1.83. The van der Waals surface area contributed by atoms with Crippen LogP contribution >= 0.6 is 0 Å². The first-order chi connectivity index (χ1) is 8.55. The molecule has 0 aromatic carbocycles. The van der Waals surface area contributed by atoms with Crippen LogP contribution in [0.25, 0.3) is 0 Å². The average Bonchev–Trinajstić information content (AvgIpc) is 2.38. The van der Waals surface area contributed by atoms with Crippen molar-refractivity contribution in [1.29, 1.82) is 0 Å². The van der Waals surface area contributed by atoms with Crippen LogP contribution in [0.2, 0.25) is 0 Å². The van der Waals surface area contributed by atoms with Crippen molar-refractivity contribution < 1.29 is 14.3 Å². The summed E-state index contributed by atoms with van der Waals surface area (Å²) in [6.45, 7) is 4.08. The Morgan fingerprint density at radius 3 is 2.28 bits per heavy atom. The smallest absolute Gasteiger partial charge is 0.308 e. The number of amides is 1. The molecule has 0 aromatic rings. The van der Waals surface area contributed by atoms with Gasteiger partial charge in [0.25, 0.3) is 0 Å². The van der Waals surface area contributed by atoms with Crippen molar-refractivity contribution in [2.75, 3.05) is 13.7 Å². The van der Waals surface area contributed by atoms with E-state index in [2.05, 4.69) is 0 Å². The Hall–Kier alpha value is -1.06. The van der Waals surface area contributed by atoms with Crippen LogP contribution in [-0.2, 0) is 14.3 Å². The van der Waals surface area contributed by atoms with Crippen LogP contribution in [0, 0.1) is 0 Å². The molecule has 1 rings (SSSR count). The first kappa shape index (κ1) is 15.0.